The van der Waals surface area contributed by atoms with Crippen LogP contribution in [-0.4, -0.2) is 62.8 Å². The number of benzene rings is 1. The Kier molecular flexibility index (Phi) is 11.1. The van der Waals surface area contributed by atoms with Crippen molar-refractivity contribution in [3.63, 3.8) is 0 Å². The third-order valence-electron chi connectivity index (χ3n) is 4.16. The molecule has 0 saturated heterocycles. The number of methoxy groups -OCH3 is 2. The van der Waals surface area contributed by atoms with Crippen molar-refractivity contribution in [2.75, 3.05) is 44.0 Å². The van der Waals surface area contributed by atoms with E-state index >= 15 is 0 Å². The molecule has 1 amide bonds. The number of anilines is 1. The Bertz CT molecular complexity index is 688. The number of nitrogens with one attached hydrogen (secondary N) is 1. The van der Waals surface area contributed by atoms with Gasteiger partial charge in [0, 0.05) is 36.6 Å². The summed E-state index contributed by atoms with van der Waals surface area (Å²) >= 11 is 11.9. The van der Waals surface area contributed by atoms with Gasteiger partial charge in [0.25, 0.3) is 0 Å². The summed E-state index contributed by atoms with van der Waals surface area (Å²) in [5.74, 6) is 1.10. The van der Waals surface area contributed by atoms with Gasteiger partial charge in [-0.15, -0.1) is 23.2 Å². The van der Waals surface area contributed by atoms with E-state index in [9.17, 15) is 9.59 Å². The molecule has 30 heavy (non-hydrogen) atoms. The molecule has 170 valence electrons. The summed E-state index contributed by atoms with van der Waals surface area (Å²) in [5, 5.41) is 2.78. The van der Waals surface area contributed by atoms with Crippen LogP contribution in [0.1, 0.15) is 32.8 Å². The standard InChI is InChI=1S/C21H32Cl2N2O5/c1-21(2,3)30-20(27)24-16(14-19(26)29-5)12-15-13-17(28-4)6-7-18(15)25(10-8-22)11-9-23/h6-7,13,16H,8-12,14H2,1-5H3,(H,24,27)/t16-/m0/s1. The summed E-state index contributed by atoms with van der Waals surface area (Å²) in [6, 6.07) is 5.12. The highest BCUT2D eigenvalue weighted by Gasteiger charge is 2.24. The average molecular weight is 463 g/mol. The van der Waals surface area contributed by atoms with Crippen LogP contribution in [0, 0.1) is 0 Å². The predicted octanol–water partition coefficient (Wildman–Crippen LogP) is 3.98. The molecule has 1 aromatic rings. The molecule has 0 radical (unpaired) electrons. The Labute approximate surface area is 188 Å². The molecular weight excluding hydrogens is 431 g/mol. The van der Waals surface area contributed by atoms with E-state index in [1.165, 1.54) is 7.11 Å². The fourth-order valence-electron chi connectivity index (χ4n) is 2.92. The highest BCUT2D eigenvalue weighted by molar-refractivity contribution is 6.18. The van der Waals surface area contributed by atoms with Crippen LogP contribution in [0.15, 0.2) is 18.2 Å². The largest absolute Gasteiger partial charge is 0.497 e. The number of rotatable bonds is 11. The van der Waals surface area contributed by atoms with Crippen molar-refractivity contribution in [3.8, 4) is 5.75 Å². The van der Waals surface area contributed by atoms with E-state index in [0.29, 0.717) is 37.0 Å². The number of carbonyl (C=O) groups is 2. The smallest absolute Gasteiger partial charge is 0.407 e. The number of esters is 1. The minimum Gasteiger partial charge on any atom is -0.497 e. The van der Waals surface area contributed by atoms with Crippen LogP contribution >= 0.6 is 23.2 Å². The summed E-state index contributed by atoms with van der Waals surface area (Å²) in [7, 11) is 2.89. The number of halogens is 2. The number of amides is 1. The zero-order valence-electron chi connectivity index (χ0n) is 18.3. The van der Waals surface area contributed by atoms with E-state index in [1.54, 1.807) is 27.9 Å². The first-order valence-corrected chi connectivity index (χ1v) is 10.8. The van der Waals surface area contributed by atoms with Gasteiger partial charge >= 0.3 is 12.1 Å². The molecule has 0 aliphatic carbocycles. The van der Waals surface area contributed by atoms with Crippen LogP contribution in [0.4, 0.5) is 10.5 Å². The quantitative estimate of drug-likeness (QED) is 0.395. The first kappa shape index (κ1) is 26.2. The number of ether oxygens (including phenoxy) is 3. The monoisotopic (exact) mass is 462 g/mol. The lowest BCUT2D eigenvalue weighted by Crippen LogP contribution is -2.41. The SMILES string of the molecule is COC(=O)C[C@H](Cc1cc(OC)ccc1N(CCCl)CCCl)NC(=O)OC(C)(C)C. The Morgan fingerprint density at radius 2 is 1.77 bits per heavy atom. The van der Waals surface area contributed by atoms with Crippen LogP contribution in [0.2, 0.25) is 0 Å². The van der Waals surface area contributed by atoms with Gasteiger partial charge in [-0.05, 0) is 51.0 Å². The first-order chi connectivity index (χ1) is 14.1. The molecule has 0 aromatic heterocycles. The minimum absolute atomic E-state index is 0.00257. The van der Waals surface area contributed by atoms with Crippen LogP contribution < -0.4 is 15.0 Å². The zero-order chi connectivity index (χ0) is 22.7. The number of hydrogen-bond donors (Lipinski definition) is 1. The van der Waals surface area contributed by atoms with Gasteiger partial charge in [0.1, 0.15) is 11.4 Å². The second-order valence-electron chi connectivity index (χ2n) is 7.69. The highest BCUT2D eigenvalue weighted by atomic mass is 35.5. The van der Waals surface area contributed by atoms with Crippen LogP contribution in [0.5, 0.6) is 5.75 Å². The summed E-state index contributed by atoms with van der Waals surface area (Å²) in [4.78, 5) is 26.3. The normalized spacial score (nSPS) is 12.1. The Morgan fingerprint density at radius 3 is 2.27 bits per heavy atom. The van der Waals surface area contributed by atoms with Gasteiger partial charge in [-0.25, -0.2) is 4.79 Å². The number of nitrogens with zero attached hydrogens (tertiary/aromatic N) is 1. The topological polar surface area (TPSA) is 77.1 Å². The maximum absolute atomic E-state index is 12.3. The van der Waals surface area contributed by atoms with Crippen molar-refractivity contribution < 1.29 is 23.8 Å². The molecule has 1 N–H and O–H groups in total. The molecule has 0 heterocycles. The van der Waals surface area contributed by atoms with Crippen LogP contribution in [0.3, 0.4) is 0 Å². The van der Waals surface area contributed by atoms with E-state index < -0.39 is 23.7 Å². The van der Waals surface area contributed by atoms with E-state index in [0.717, 1.165) is 11.3 Å². The summed E-state index contributed by atoms with van der Waals surface area (Å²) < 4.78 is 15.5. The molecule has 0 aliphatic rings. The number of alkyl carbamates (subject to hydrolysis) is 1. The number of carbonyl (C=O) groups excluding carboxylic acids is 2. The van der Waals surface area contributed by atoms with Gasteiger partial charge in [0.05, 0.1) is 20.6 Å². The zero-order valence-corrected chi connectivity index (χ0v) is 19.8. The maximum Gasteiger partial charge on any atom is 0.407 e. The third kappa shape index (κ3) is 9.30. The van der Waals surface area contributed by atoms with Crippen molar-refractivity contribution in [1.29, 1.82) is 0 Å². The Hall–Kier alpha value is -1.86. The molecule has 0 fully saturated rings. The Morgan fingerprint density at radius 1 is 1.13 bits per heavy atom. The molecule has 0 unspecified atom stereocenters. The fraction of sp³-hybridized carbons (Fsp3) is 0.619. The van der Waals surface area contributed by atoms with Crippen molar-refractivity contribution in [1.82, 2.24) is 5.32 Å². The van der Waals surface area contributed by atoms with E-state index in [4.69, 9.17) is 37.4 Å². The second kappa shape index (κ2) is 12.7. The highest BCUT2D eigenvalue weighted by Crippen LogP contribution is 2.27. The average Bonchev–Trinajstić information content (AvgIpc) is 2.66. The lowest BCUT2D eigenvalue weighted by molar-refractivity contribution is -0.141. The molecule has 7 nitrogen and oxygen atoms in total. The molecule has 1 aromatic carbocycles. The number of alkyl halides is 2. The van der Waals surface area contributed by atoms with Crippen molar-refractivity contribution in [2.45, 2.75) is 45.3 Å². The summed E-state index contributed by atoms with van der Waals surface area (Å²) in [6.07, 6.45) is -0.237. The lowest BCUT2D eigenvalue weighted by atomic mass is 10.0. The molecule has 0 spiro atoms. The van der Waals surface area contributed by atoms with Gasteiger partial charge < -0.3 is 24.4 Å². The second-order valence-corrected chi connectivity index (χ2v) is 8.44. The lowest BCUT2D eigenvalue weighted by Gasteiger charge is -2.28. The fourth-order valence-corrected chi connectivity index (χ4v) is 3.32. The van der Waals surface area contributed by atoms with Crippen molar-refractivity contribution >= 4 is 41.0 Å². The molecule has 1 rings (SSSR count). The van der Waals surface area contributed by atoms with Crippen LogP contribution in [-0.2, 0) is 20.7 Å². The van der Waals surface area contributed by atoms with Crippen LogP contribution in [0.25, 0.3) is 0 Å². The maximum atomic E-state index is 12.3. The van der Waals surface area contributed by atoms with E-state index in [-0.39, 0.29) is 6.42 Å². The Balaban J connectivity index is 3.20. The van der Waals surface area contributed by atoms with Gasteiger partial charge in [0.2, 0.25) is 0 Å². The van der Waals surface area contributed by atoms with Crippen molar-refractivity contribution in [3.05, 3.63) is 23.8 Å². The van der Waals surface area contributed by atoms with Gasteiger partial charge in [-0.3, -0.25) is 4.79 Å². The molecular formula is C21H32Cl2N2O5. The van der Waals surface area contributed by atoms with E-state index in [1.807, 2.05) is 18.2 Å². The van der Waals surface area contributed by atoms with Gasteiger partial charge in [-0.2, -0.15) is 0 Å². The minimum atomic E-state index is -0.654. The molecule has 9 heteroatoms. The molecule has 0 aliphatic heterocycles. The van der Waals surface area contributed by atoms with Gasteiger partial charge in [-0.1, -0.05) is 0 Å². The third-order valence-corrected chi connectivity index (χ3v) is 4.50. The summed E-state index contributed by atoms with van der Waals surface area (Å²) in [6.45, 7) is 6.54. The van der Waals surface area contributed by atoms with Crippen molar-refractivity contribution in [2.24, 2.45) is 0 Å². The number of hydrogen-bond acceptors (Lipinski definition) is 6. The van der Waals surface area contributed by atoms with Gasteiger partial charge in [0.15, 0.2) is 0 Å². The molecule has 0 bridgehead atoms. The molecule has 0 saturated carbocycles. The first-order valence-electron chi connectivity index (χ1n) is 9.73. The molecule has 1 atom stereocenters. The summed E-state index contributed by atoms with van der Waals surface area (Å²) in [5.41, 5.74) is 1.14. The van der Waals surface area contributed by atoms with E-state index in [2.05, 4.69) is 10.2 Å². The predicted molar refractivity (Wildman–Crippen MR) is 120 cm³/mol.